The zero-order valence-electron chi connectivity index (χ0n) is 17.1. The van der Waals surface area contributed by atoms with Gasteiger partial charge in [0.2, 0.25) is 5.91 Å². The number of carbonyl (C=O) groups is 4. The van der Waals surface area contributed by atoms with Gasteiger partial charge in [-0.05, 0) is 38.3 Å². The molecular weight excluding hydrogens is 378 g/mol. The summed E-state index contributed by atoms with van der Waals surface area (Å²) in [5, 5.41) is 0. The topological polar surface area (TPSA) is 99.2 Å². The average Bonchev–Trinajstić information content (AvgIpc) is 2.71. The number of esters is 3. The number of ether oxygens (including phenoxy) is 3. The van der Waals surface area contributed by atoms with Crippen molar-refractivity contribution in [1.29, 1.82) is 0 Å². The first kappa shape index (κ1) is 22.4. The largest absolute Gasteiger partial charge is 0.465 e. The minimum atomic E-state index is -2.48. The first-order valence-electron chi connectivity index (χ1n) is 9.76. The highest BCUT2D eigenvalue weighted by atomic mass is 16.6. The molecule has 0 spiro atoms. The molecule has 0 atom stereocenters. The Bertz CT molecular complexity index is 728. The Labute approximate surface area is 170 Å². The van der Waals surface area contributed by atoms with Crippen molar-refractivity contribution in [2.45, 2.75) is 40.2 Å². The van der Waals surface area contributed by atoms with E-state index in [2.05, 4.69) is 0 Å². The number of carbonyl (C=O) groups excluding carboxylic acids is 4. The van der Waals surface area contributed by atoms with E-state index in [1.165, 1.54) is 4.90 Å². The van der Waals surface area contributed by atoms with Crippen molar-refractivity contribution in [3.05, 3.63) is 35.4 Å². The van der Waals surface area contributed by atoms with Gasteiger partial charge < -0.3 is 19.1 Å². The molecule has 1 aromatic rings. The number of amides is 1. The van der Waals surface area contributed by atoms with Crippen LogP contribution < -0.4 is 0 Å². The highest BCUT2D eigenvalue weighted by molar-refractivity contribution is 6.20. The second-order valence-corrected chi connectivity index (χ2v) is 6.58. The number of nitrogens with zero attached hydrogens (tertiary/aromatic N) is 1. The number of hydrogen-bond acceptors (Lipinski definition) is 7. The van der Waals surface area contributed by atoms with Gasteiger partial charge >= 0.3 is 17.9 Å². The molecule has 8 heteroatoms. The van der Waals surface area contributed by atoms with Crippen molar-refractivity contribution < 1.29 is 33.4 Å². The molecule has 1 aromatic carbocycles. The lowest BCUT2D eigenvalue weighted by molar-refractivity contribution is -0.186. The van der Waals surface area contributed by atoms with E-state index >= 15 is 0 Å². The lowest BCUT2D eigenvalue weighted by atomic mass is 9.83. The van der Waals surface area contributed by atoms with Crippen molar-refractivity contribution in [3.8, 4) is 0 Å². The van der Waals surface area contributed by atoms with Gasteiger partial charge in [0.25, 0.3) is 5.41 Å². The highest BCUT2D eigenvalue weighted by Crippen LogP contribution is 2.31. The van der Waals surface area contributed by atoms with Gasteiger partial charge in [-0.1, -0.05) is 24.3 Å². The van der Waals surface area contributed by atoms with Crippen molar-refractivity contribution in [1.82, 2.24) is 4.90 Å². The summed E-state index contributed by atoms with van der Waals surface area (Å²) in [4.78, 5) is 52.7. The van der Waals surface area contributed by atoms with Gasteiger partial charge in [-0.3, -0.25) is 19.2 Å². The number of rotatable bonds is 8. The van der Waals surface area contributed by atoms with E-state index in [1.54, 1.807) is 20.8 Å². The molecule has 1 heterocycles. The van der Waals surface area contributed by atoms with Gasteiger partial charge in [0, 0.05) is 13.1 Å². The van der Waals surface area contributed by atoms with E-state index < -0.39 is 35.7 Å². The summed E-state index contributed by atoms with van der Waals surface area (Å²) >= 11 is 0. The molecule has 0 unspecified atom stereocenters. The Morgan fingerprint density at radius 1 is 0.862 bits per heavy atom. The molecule has 1 amide bonds. The number of benzene rings is 1. The molecule has 1 aliphatic heterocycles. The molecule has 158 valence electrons. The first-order valence-corrected chi connectivity index (χ1v) is 9.76. The third-order valence-electron chi connectivity index (χ3n) is 4.77. The molecular formula is C21H27NO7. The quantitative estimate of drug-likeness (QED) is 0.368. The van der Waals surface area contributed by atoms with E-state index in [-0.39, 0.29) is 19.8 Å². The maximum Gasteiger partial charge on any atom is 0.335 e. The Balaban J connectivity index is 2.34. The van der Waals surface area contributed by atoms with Gasteiger partial charge in [0.1, 0.15) is 0 Å². The molecule has 0 radical (unpaired) electrons. The normalized spacial score (nSPS) is 13.3. The monoisotopic (exact) mass is 405 g/mol. The van der Waals surface area contributed by atoms with E-state index in [0.29, 0.717) is 19.5 Å². The molecule has 0 N–H and O–H groups in total. The molecule has 8 nitrogen and oxygen atoms in total. The average molecular weight is 405 g/mol. The van der Waals surface area contributed by atoms with Crippen LogP contribution in [0.25, 0.3) is 0 Å². The van der Waals surface area contributed by atoms with E-state index in [9.17, 15) is 19.2 Å². The zero-order chi connectivity index (χ0) is 21.4. The summed E-state index contributed by atoms with van der Waals surface area (Å²) in [5.74, 6) is -3.93. The molecule has 0 saturated carbocycles. The van der Waals surface area contributed by atoms with Gasteiger partial charge in [0.15, 0.2) is 0 Å². The molecule has 0 fully saturated rings. The van der Waals surface area contributed by atoms with Crippen molar-refractivity contribution in [2.24, 2.45) is 5.41 Å². The van der Waals surface area contributed by atoms with Gasteiger partial charge in [0.05, 0.1) is 26.2 Å². The standard InChI is InChI=1S/C21H27NO7/c1-4-27-18(24)21(19(25)28-5-2,20(26)29-6-3)13-17(23)22-12-11-15-9-7-8-10-16(15)14-22/h7-10H,4-6,11-14H2,1-3H3. The molecule has 0 aromatic heterocycles. The Hall–Kier alpha value is -2.90. The molecule has 0 saturated heterocycles. The van der Waals surface area contributed by atoms with Crippen LogP contribution in [0.1, 0.15) is 38.3 Å². The van der Waals surface area contributed by atoms with Crippen LogP contribution in [-0.4, -0.2) is 55.1 Å². The maximum absolute atomic E-state index is 13.1. The molecule has 1 aliphatic rings. The van der Waals surface area contributed by atoms with Crippen LogP contribution in [-0.2, 0) is 46.4 Å². The highest BCUT2D eigenvalue weighted by Gasteiger charge is 2.59. The van der Waals surface area contributed by atoms with E-state index in [0.717, 1.165) is 11.1 Å². The number of fused-ring (bicyclic) bond motifs is 1. The molecule has 29 heavy (non-hydrogen) atoms. The van der Waals surface area contributed by atoms with Crippen LogP contribution in [0.4, 0.5) is 0 Å². The van der Waals surface area contributed by atoms with Crippen molar-refractivity contribution in [3.63, 3.8) is 0 Å². The minimum Gasteiger partial charge on any atom is -0.465 e. The third kappa shape index (κ3) is 4.75. The van der Waals surface area contributed by atoms with Crippen LogP contribution >= 0.6 is 0 Å². The summed E-state index contributed by atoms with van der Waals surface area (Å²) < 4.78 is 14.9. The van der Waals surface area contributed by atoms with E-state index in [1.807, 2.05) is 24.3 Å². The fourth-order valence-electron chi connectivity index (χ4n) is 3.28. The Morgan fingerprint density at radius 2 is 1.34 bits per heavy atom. The first-order chi connectivity index (χ1) is 13.9. The lowest BCUT2D eigenvalue weighted by Gasteiger charge is -2.32. The Kier molecular flexibility index (Phi) is 7.75. The van der Waals surface area contributed by atoms with Crippen LogP contribution in [0.15, 0.2) is 24.3 Å². The summed E-state index contributed by atoms with van der Waals surface area (Å²) in [5.41, 5.74) is -0.346. The third-order valence-corrected chi connectivity index (χ3v) is 4.77. The smallest absolute Gasteiger partial charge is 0.335 e. The summed E-state index contributed by atoms with van der Waals surface area (Å²) in [7, 11) is 0. The van der Waals surface area contributed by atoms with Crippen LogP contribution in [0.3, 0.4) is 0 Å². The van der Waals surface area contributed by atoms with Gasteiger partial charge in [-0.2, -0.15) is 0 Å². The lowest BCUT2D eigenvalue weighted by Crippen LogP contribution is -2.53. The van der Waals surface area contributed by atoms with E-state index in [4.69, 9.17) is 14.2 Å². The predicted molar refractivity (Wildman–Crippen MR) is 103 cm³/mol. The fourth-order valence-corrected chi connectivity index (χ4v) is 3.28. The van der Waals surface area contributed by atoms with Gasteiger partial charge in [-0.25, -0.2) is 0 Å². The predicted octanol–water partition coefficient (Wildman–Crippen LogP) is 1.64. The second kappa shape index (κ2) is 10.0. The summed E-state index contributed by atoms with van der Waals surface area (Å²) in [6, 6.07) is 7.73. The summed E-state index contributed by atoms with van der Waals surface area (Å²) in [6.45, 7) is 5.19. The number of hydrogen-bond donors (Lipinski definition) is 0. The fraction of sp³-hybridized carbons (Fsp3) is 0.524. The zero-order valence-corrected chi connectivity index (χ0v) is 17.1. The molecule has 0 aliphatic carbocycles. The van der Waals surface area contributed by atoms with Crippen LogP contribution in [0, 0.1) is 5.41 Å². The van der Waals surface area contributed by atoms with Crippen LogP contribution in [0.5, 0.6) is 0 Å². The van der Waals surface area contributed by atoms with Crippen molar-refractivity contribution >= 4 is 23.8 Å². The summed E-state index contributed by atoms with van der Waals surface area (Å²) in [6.07, 6.45) is -0.0567. The van der Waals surface area contributed by atoms with Crippen molar-refractivity contribution in [2.75, 3.05) is 26.4 Å². The molecule has 2 rings (SSSR count). The molecule has 0 bridgehead atoms. The minimum absolute atomic E-state index is 0.0648. The van der Waals surface area contributed by atoms with Crippen LogP contribution in [0.2, 0.25) is 0 Å². The maximum atomic E-state index is 13.1. The Morgan fingerprint density at radius 3 is 1.83 bits per heavy atom. The second-order valence-electron chi connectivity index (χ2n) is 6.58. The van der Waals surface area contributed by atoms with Gasteiger partial charge in [-0.15, -0.1) is 0 Å². The SMILES string of the molecule is CCOC(=O)C(CC(=O)N1CCc2ccccc2C1)(C(=O)OCC)C(=O)OCC.